The Bertz CT molecular complexity index is 468. The lowest BCUT2D eigenvalue weighted by Gasteiger charge is -2.27. The van der Waals surface area contributed by atoms with Crippen LogP contribution >= 0.6 is 11.6 Å². The average Bonchev–Trinajstić information content (AvgIpc) is 2.92. The molecule has 0 aromatic heterocycles. The highest BCUT2D eigenvalue weighted by molar-refractivity contribution is 6.33. The minimum Gasteiger partial charge on any atom is -0.370 e. The van der Waals surface area contributed by atoms with E-state index in [0.29, 0.717) is 5.41 Å². The van der Waals surface area contributed by atoms with Gasteiger partial charge in [0.2, 0.25) is 0 Å². The molecular formula is C18H29ClN2. The molecule has 1 fully saturated rings. The number of hydrogen-bond acceptors (Lipinski definition) is 2. The second-order valence-corrected chi connectivity index (χ2v) is 6.94. The summed E-state index contributed by atoms with van der Waals surface area (Å²) in [6.07, 6.45) is 5.69. The van der Waals surface area contributed by atoms with E-state index in [2.05, 4.69) is 43.9 Å². The molecule has 1 aliphatic heterocycles. The molecule has 118 valence electrons. The molecule has 2 nitrogen and oxygen atoms in total. The van der Waals surface area contributed by atoms with Gasteiger partial charge >= 0.3 is 0 Å². The third-order valence-corrected chi connectivity index (χ3v) is 5.62. The quantitative estimate of drug-likeness (QED) is 0.829. The third-order valence-electron chi connectivity index (χ3n) is 5.31. The molecule has 1 aliphatic rings. The van der Waals surface area contributed by atoms with Gasteiger partial charge in [0.25, 0.3) is 0 Å². The molecule has 3 heteroatoms. The number of rotatable bonds is 6. The van der Waals surface area contributed by atoms with Crippen LogP contribution in [0, 0.1) is 5.41 Å². The molecule has 2 rings (SSSR count). The molecule has 0 amide bonds. The van der Waals surface area contributed by atoms with Gasteiger partial charge in [-0.1, -0.05) is 38.4 Å². The van der Waals surface area contributed by atoms with Crippen LogP contribution in [0.15, 0.2) is 18.2 Å². The standard InChI is InChI=1S/C18H29ClN2/c1-4-15(20)11-14-7-8-17(16(19)12-14)21-10-9-18(5-2,6-3)13-21/h7-8,12,15H,4-6,9-11,13,20H2,1-3H3. The molecule has 1 atom stereocenters. The van der Waals surface area contributed by atoms with E-state index in [1.165, 1.54) is 30.5 Å². The van der Waals surface area contributed by atoms with Crippen LogP contribution < -0.4 is 10.6 Å². The van der Waals surface area contributed by atoms with Gasteiger partial charge in [-0.3, -0.25) is 0 Å². The molecular weight excluding hydrogens is 280 g/mol. The SMILES string of the molecule is CCC(N)Cc1ccc(N2CCC(CC)(CC)C2)c(Cl)c1. The predicted octanol–water partition coefficient (Wildman–Crippen LogP) is 4.64. The molecule has 1 saturated heterocycles. The van der Waals surface area contributed by atoms with Crippen molar-refractivity contribution < 1.29 is 0 Å². The molecule has 1 aromatic rings. The number of anilines is 1. The van der Waals surface area contributed by atoms with Gasteiger partial charge in [-0.25, -0.2) is 0 Å². The zero-order valence-corrected chi connectivity index (χ0v) is 14.4. The minimum absolute atomic E-state index is 0.228. The first-order valence-corrected chi connectivity index (χ1v) is 8.70. The van der Waals surface area contributed by atoms with Gasteiger partial charge in [-0.2, -0.15) is 0 Å². The molecule has 0 bridgehead atoms. The third kappa shape index (κ3) is 3.73. The van der Waals surface area contributed by atoms with Crippen LogP contribution in [0.5, 0.6) is 0 Å². The highest BCUT2D eigenvalue weighted by atomic mass is 35.5. The lowest BCUT2D eigenvalue weighted by Crippen LogP contribution is -2.26. The number of nitrogens with two attached hydrogens (primary N) is 1. The van der Waals surface area contributed by atoms with Crippen LogP contribution in [-0.2, 0) is 6.42 Å². The van der Waals surface area contributed by atoms with Crippen molar-refractivity contribution in [1.29, 1.82) is 0 Å². The summed E-state index contributed by atoms with van der Waals surface area (Å²) in [7, 11) is 0. The summed E-state index contributed by atoms with van der Waals surface area (Å²) in [6, 6.07) is 6.70. The highest BCUT2D eigenvalue weighted by Gasteiger charge is 2.35. The van der Waals surface area contributed by atoms with Gasteiger partial charge in [0, 0.05) is 19.1 Å². The zero-order chi connectivity index (χ0) is 15.5. The first kappa shape index (κ1) is 16.6. The predicted molar refractivity (Wildman–Crippen MR) is 93.3 cm³/mol. The molecule has 1 heterocycles. The second kappa shape index (κ2) is 7.02. The van der Waals surface area contributed by atoms with Crippen LogP contribution in [0.4, 0.5) is 5.69 Å². The van der Waals surface area contributed by atoms with Gasteiger partial charge in [-0.15, -0.1) is 0 Å². The van der Waals surface area contributed by atoms with E-state index < -0.39 is 0 Å². The van der Waals surface area contributed by atoms with Gasteiger partial charge in [0.1, 0.15) is 0 Å². The maximum atomic E-state index is 6.53. The number of hydrogen-bond donors (Lipinski definition) is 1. The molecule has 0 aliphatic carbocycles. The Morgan fingerprint density at radius 2 is 2.00 bits per heavy atom. The van der Waals surface area contributed by atoms with Crippen molar-refractivity contribution in [1.82, 2.24) is 0 Å². The van der Waals surface area contributed by atoms with Crippen molar-refractivity contribution in [2.24, 2.45) is 11.1 Å². The van der Waals surface area contributed by atoms with E-state index >= 15 is 0 Å². The molecule has 2 N–H and O–H groups in total. The largest absolute Gasteiger partial charge is 0.370 e. The first-order chi connectivity index (χ1) is 10.0. The number of halogens is 1. The summed E-state index contributed by atoms with van der Waals surface area (Å²) in [6.45, 7) is 9.00. The Kier molecular flexibility index (Phi) is 5.56. The van der Waals surface area contributed by atoms with Gasteiger partial charge in [-0.05, 0) is 55.2 Å². The van der Waals surface area contributed by atoms with E-state index in [1.54, 1.807) is 0 Å². The average molecular weight is 309 g/mol. The van der Waals surface area contributed by atoms with Crippen LogP contribution in [0.1, 0.15) is 52.0 Å². The number of nitrogens with zero attached hydrogens (tertiary/aromatic N) is 1. The summed E-state index contributed by atoms with van der Waals surface area (Å²) in [4.78, 5) is 2.46. The van der Waals surface area contributed by atoms with Gasteiger partial charge in [0.05, 0.1) is 10.7 Å². The lowest BCUT2D eigenvalue weighted by molar-refractivity contribution is 0.301. The van der Waals surface area contributed by atoms with E-state index in [1.807, 2.05) is 0 Å². The number of benzene rings is 1. The van der Waals surface area contributed by atoms with Crippen molar-refractivity contribution in [2.75, 3.05) is 18.0 Å². The fraction of sp³-hybridized carbons (Fsp3) is 0.667. The summed E-state index contributed by atoms with van der Waals surface area (Å²) in [5, 5.41) is 0.874. The fourth-order valence-corrected chi connectivity index (χ4v) is 3.67. The van der Waals surface area contributed by atoms with E-state index in [-0.39, 0.29) is 6.04 Å². The molecule has 1 unspecified atom stereocenters. The Balaban J connectivity index is 2.11. The Hall–Kier alpha value is -0.730. The first-order valence-electron chi connectivity index (χ1n) is 8.32. The Morgan fingerprint density at radius 3 is 2.52 bits per heavy atom. The minimum atomic E-state index is 0.228. The summed E-state index contributed by atoms with van der Waals surface area (Å²) in [5.74, 6) is 0. The van der Waals surface area contributed by atoms with Crippen LogP contribution in [0.3, 0.4) is 0 Å². The van der Waals surface area contributed by atoms with Crippen LogP contribution in [-0.4, -0.2) is 19.1 Å². The van der Waals surface area contributed by atoms with Crippen LogP contribution in [0.2, 0.25) is 5.02 Å². The fourth-order valence-electron chi connectivity index (χ4n) is 3.35. The normalized spacial score (nSPS) is 19.0. The van der Waals surface area contributed by atoms with Crippen molar-refractivity contribution in [3.63, 3.8) is 0 Å². The summed E-state index contributed by atoms with van der Waals surface area (Å²) < 4.78 is 0. The maximum absolute atomic E-state index is 6.53. The molecule has 21 heavy (non-hydrogen) atoms. The monoisotopic (exact) mass is 308 g/mol. The van der Waals surface area contributed by atoms with Crippen molar-refractivity contribution in [3.8, 4) is 0 Å². The van der Waals surface area contributed by atoms with Gasteiger partial charge in [0.15, 0.2) is 0 Å². The van der Waals surface area contributed by atoms with E-state index in [9.17, 15) is 0 Å². The van der Waals surface area contributed by atoms with Gasteiger partial charge < -0.3 is 10.6 Å². The Morgan fingerprint density at radius 1 is 1.29 bits per heavy atom. The molecule has 0 saturated carbocycles. The summed E-state index contributed by atoms with van der Waals surface area (Å²) in [5.41, 5.74) is 8.95. The highest BCUT2D eigenvalue weighted by Crippen LogP contribution is 2.41. The lowest BCUT2D eigenvalue weighted by atomic mass is 9.82. The van der Waals surface area contributed by atoms with Crippen molar-refractivity contribution in [2.45, 2.75) is 58.9 Å². The second-order valence-electron chi connectivity index (χ2n) is 6.54. The molecule has 1 aromatic carbocycles. The Labute approximate surface area is 134 Å². The summed E-state index contributed by atoms with van der Waals surface area (Å²) >= 11 is 6.53. The van der Waals surface area contributed by atoms with E-state index in [0.717, 1.165) is 31.0 Å². The maximum Gasteiger partial charge on any atom is 0.0642 e. The van der Waals surface area contributed by atoms with Crippen molar-refractivity contribution >= 4 is 17.3 Å². The van der Waals surface area contributed by atoms with Crippen molar-refractivity contribution in [3.05, 3.63) is 28.8 Å². The zero-order valence-electron chi connectivity index (χ0n) is 13.7. The molecule has 0 radical (unpaired) electrons. The smallest absolute Gasteiger partial charge is 0.0642 e. The topological polar surface area (TPSA) is 29.3 Å². The molecule has 0 spiro atoms. The van der Waals surface area contributed by atoms with Crippen LogP contribution in [0.25, 0.3) is 0 Å². The van der Waals surface area contributed by atoms with E-state index in [4.69, 9.17) is 17.3 Å².